The van der Waals surface area contributed by atoms with Gasteiger partial charge in [0.05, 0.1) is 18.6 Å². The van der Waals surface area contributed by atoms with Crippen molar-refractivity contribution in [2.45, 2.75) is 32.8 Å². The van der Waals surface area contributed by atoms with Crippen molar-refractivity contribution in [3.63, 3.8) is 0 Å². The van der Waals surface area contributed by atoms with Crippen molar-refractivity contribution in [3.05, 3.63) is 0 Å². The van der Waals surface area contributed by atoms with Crippen molar-refractivity contribution < 1.29 is 14.6 Å². The molecule has 0 bridgehead atoms. The van der Waals surface area contributed by atoms with Crippen LogP contribution < -0.4 is 0 Å². The predicted octanol–water partition coefficient (Wildman–Crippen LogP) is 0.642. The molecule has 1 rings (SSSR count). The van der Waals surface area contributed by atoms with E-state index < -0.39 is 0 Å². The number of aliphatic hydroxyl groups excluding tert-OH is 1. The molecule has 0 unspecified atom stereocenters. The lowest BCUT2D eigenvalue weighted by atomic mass is 9.94. The van der Waals surface area contributed by atoms with Gasteiger partial charge in [0.15, 0.2) is 0 Å². The van der Waals surface area contributed by atoms with Gasteiger partial charge in [-0.05, 0) is 26.7 Å². The van der Waals surface area contributed by atoms with Crippen LogP contribution in [0.2, 0.25) is 0 Å². The van der Waals surface area contributed by atoms with E-state index in [9.17, 15) is 4.79 Å². The third-order valence-electron chi connectivity index (χ3n) is 2.99. The molecule has 4 nitrogen and oxygen atoms in total. The van der Waals surface area contributed by atoms with Gasteiger partial charge in [0.25, 0.3) is 0 Å². The molecule has 0 radical (unpaired) electrons. The molecule has 1 heterocycles. The van der Waals surface area contributed by atoms with E-state index in [1.807, 2.05) is 13.8 Å². The van der Waals surface area contributed by atoms with Gasteiger partial charge in [-0.15, -0.1) is 0 Å². The molecule has 0 spiro atoms. The lowest BCUT2D eigenvalue weighted by molar-refractivity contribution is -0.144. The first-order valence-corrected chi connectivity index (χ1v) is 5.72. The van der Waals surface area contributed by atoms with Gasteiger partial charge >= 0.3 is 0 Å². The summed E-state index contributed by atoms with van der Waals surface area (Å²) < 4.78 is 5.47. The molecule has 0 aromatic carbocycles. The van der Waals surface area contributed by atoms with Crippen molar-refractivity contribution in [2.75, 3.05) is 26.3 Å². The van der Waals surface area contributed by atoms with E-state index >= 15 is 0 Å². The van der Waals surface area contributed by atoms with E-state index in [-0.39, 0.29) is 24.5 Å². The maximum absolute atomic E-state index is 12.1. The molecule has 4 heteroatoms. The Morgan fingerprint density at radius 2 is 2.33 bits per heavy atom. The number of rotatable bonds is 4. The summed E-state index contributed by atoms with van der Waals surface area (Å²) in [5, 5.41) is 8.86. The zero-order chi connectivity index (χ0) is 11.3. The van der Waals surface area contributed by atoms with Gasteiger partial charge in [0, 0.05) is 19.7 Å². The summed E-state index contributed by atoms with van der Waals surface area (Å²) >= 11 is 0. The summed E-state index contributed by atoms with van der Waals surface area (Å²) in [4.78, 5) is 13.8. The van der Waals surface area contributed by atoms with E-state index in [0.717, 1.165) is 19.4 Å². The quantitative estimate of drug-likeness (QED) is 0.749. The van der Waals surface area contributed by atoms with E-state index in [2.05, 4.69) is 0 Å². The van der Waals surface area contributed by atoms with Crippen LogP contribution in [0.15, 0.2) is 0 Å². The second kappa shape index (κ2) is 6.08. The average Bonchev–Trinajstić information content (AvgIpc) is 2.25. The molecule has 1 aliphatic heterocycles. The molecule has 1 aliphatic rings. The van der Waals surface area contributed by atoms with Gasteiger partial charge in [-0.1, -0.05) is 0 Å². The minimum absolute atomic E-state index is 0.0130. The van der Waals surface area contributed by atoms with E-state index in [4.69, 9.17) is 9.84 Å². The van der Waals surface area contributed by atoms with E-state index in [1.165, 1.54) is 0 Å². The van der Waals surface area contributed by atoms with Gasteiger partial charge in [0.1, 0.15) is 0 Å². The van der Waals surface area contributed by atoms with Gasteiger partial charge in [-0.25, -0.2) is 0 Å². The number of aliphatic hydroxyl groups is 1. The molecule has 0 aromatic rings. The molecule has 1 saturated heterocycles. The predicted molar refractivity (Wildman–Crippen MR) is 57.5 cm³/mol. The van der Waals surface area contributed by atoms with Crippen molar-refractivity contribution in [2.24, 2.45) is 5.92 Å². The maximum atomic E-state index is 12.1. The average molecular weight is 215 g/mol. The summed E-state index contributed by atoms with van der Waals surface area (Å²) in [5.41, 5.74) is 0. The summed E-state index contributed by atoms with van der Waals surface area (Å²) in [6, 6.07) is 0. The van der Waals surface area contributed by atoms with Crippen LogP contribution in [0.5, 0.6) is 0 Å². The highest BCUT2D eigenvalue weighted by Crippen LogP contribution is 2.22. The first-order chi connectivity index (χ1) is 7.20. The molecule has 1 fully saturated rings. The highest BCUT2D eigenvalue weighted by Gasteiger charge is 2.31. The fourth-order valence-corrected chi connectivity index (χ4v) is 2.03. The number of hydrogen-bond acceptors (Lipinski definition) is 3. The topological polar surface area (TPSA) is 49.8 Å². The first-order valence-electron chi connectivity index (χ1n) is 5.72. The number of nitrogens with zero attached hydrogens (tertiary/aromatic N) is 1. The van der Waals surface area contributed by atoms with Crippen molar-refractivity contribution >= 4 is 5.91 Å². The lowest BCUT2D eigenvalue weighted by Gasteiger charge is -2.32. The molecule has 1 amide bonds. The standard InChI is InChI=1S/C11H21NO3/c1-3-12(6-7-13)11(14)10-5-4-8-15-9(10)2/h9-10,13H,3-8H2,1-2H3/t9-,10-/m0/s1. The van der Waals surface area contributed by atoms with Gasteiger partial charge < -0.3 is 14.7 Å². The van der Waals surface area contributed by atoms with Gasteiger partial charge in [-0.3, -0.25) is 4.79 Å². The van der Waals surface area contributed by atoms with Gasteiger partial charge in [-0.2, -0.15) is 0 Å². The molecular weight excluding hydrogens is 194 g/mol. The Balaban J connectivity index is 2.55. The lowest BCUT2D eigenvalue weighted by Crippen LogP contribution is -2.43. The molecule has 0 saturated carbocycles. The molecule has 0 aliphatic carbocycles. The molecule has 15 heavy (non-hydrogen) atoms. The highest BCUT2D eigenvalue weighted by molar-refractivity contribution is 5.79. The number of carbonyl (C=O) groups is 1. The summed E-state index contributed by atoms with van der Waals surface area (Å²) in [6.07, 6.45) is 1.87. The molecule has 1 N–H and O–H groups in total. The molecule has 2 atom stereocenters. The SMILES string of the molecule is CCN(CCO)C(=O)[C@H]1CCCO[C@H]1C. The van der Waals surface area contributed by atoms with E-state index in [1.54, 1.807) is 4.90 Å². The highest BCUT2D eigenvalue weighted by atomic mass is 16.5. The number of carbonyl (C=O) groups excluding carboxylic acids is 1. The Bertz CT molecular complexity index is 208. The van der Waals surface area contributed by atoms with Crippen molar-refractivity contribution in [1.82, 2.24) is 4.90 Å². The Labute approximate surface area is 91.2 Å². The van der Waals surface area contributed by atoms with Crippen LogP contribution in [0, 0.1) is 5.92 Å². The Morgan fingerprint density at radius 3 is 2.87 bits per heavy atom. The first kappa shape index (κ1) is 12.5. The molecule has 0 aromatic heterocycles. The van der Waals surface area contributed by atoms with Crippen LogP contribution in [0.1, 0.15) is 26.7 Å². The normalized spacial score (nSPS) is 26.3. The van der Waals surface area contributed by atoms with E-state index in [0.29, 0.717) is 13.1 Å². The summed E-state index contributed by atoms with van der Waals surface area (Å²) in [5.74, 6) is 0.101. The number of ether oxygens (including phenoxy) is 1. The van der Waals surface area contributed by atoms with Crippen molar-refractivity contribution in [3.8, 4) is 0 Å². The minimum Gasteiger partial charge on any atom is -0.395 e. The summed E-state index contributed by atoms with van der Waals surface area (Å²) in [7, 11) is 0. The Hall–Kier alpha value is -0.610. The zero-order valence-electron chi connectivity index (χ0n) is 9.61. The fourth-order valence-electron chi connectivity index (χ4n) is 2.03. The monoisotopic (exact) mass is 215 g/mol. The molecular formula is C11H21NO3. The third kappa shape index (κ3) is 3.18. The Morgan fingerprint density at radius 1 is 1.60 bits per heavy atom. The van der Waals surface area contributed by atoms with Crippen LogP contribution >= 0.6 is 0 Å². The smallest absolute Gasteiger partial charge is 0.228 e. The van der Waals surface area contributed by atoms with Crippen LogP contribution in [-0.2, 0) is 9.53 Å². The molecule has 88 valence electrons. The third-order valence-corrected chi connectivity index (χ3v) is 2.99. The van der Waals surface area contributed by atoms with Crippen LogP contribution in [-0.4, -0.2) is 48.3 Å². The van der Waals surface area contributed by atoms with Crippen LogP contribution in [0.3, 0.4) is 0 Å². The number of amides is 1. The van der Waals surface area contributed by atoms with Crippen LogP contribution in [0.4, 0.5) is 0 Å². The summed E-state index contributed by atoms with van der Waals surface area (Å²) in [6.45, 7) is 5.76. The Kier molecular flexibility index (Phi) is 5.05. The fraction of sp³-hybridized carbons (Fsp3) is 0.909. The zero-order valence-corrected chi connectivity index (χ0v) is 9.61. The van der Waals surface area contributed by atoms with Crippen molar-refractivity contribution in [1.29, 1.82) is 0 Å². The second-order valence-electron chi connectivity index (χ2n) is 3.97. The van der Waals surface area contributed by atoms with Crippen LogP contribution in [0.25, 0.3) is 0 Å². The second-order valence-corrected chi connectivity index (χ2v) is 3.97. The number of hydrogen-bond donors (Lipinski definition) is 1. The van der Waals surface area contributed by atoms with Gasteiger partial charge in [0.2, 0.25) is 5.91 Å². The maximum Gasteiger partial charge on any atom is 0.228 e. The minimum atomic E-state index is -0.0229. The number of likely N-dealkylation sites (N-methyl/N-ethyl adjacent to an activating group) is 1. The largest absolute Gasteiger partial charge is 0.395 e.